The Morgan fingerprint density at radius 3 is 2.41 bits per heavy atom. The van der Waals surface area contributed by atoms with Gasteiger partial charge in [-0.2, -0.15) is 4.98 Å². The van der Waals surface area contributed by atoms with E-state index in [2.05, 4.69) is 4.98 Å². The third-order valence-corrected chi connectivity index (χ3v) is 7.95. The van der Waals surface area contributed by atoms with Crippen LogP contribution in [0.1, 0.15) is 26.7 Å². The van der Waals surface area contributed by atoms with E-state index < -0.39 is 6.04 Å². The third-order valence-electron chi connectivity index (χ3n) is 6.87. The Labute approximate surface area is 220 Å². The van der Waals surface area contributed by atoms with Crippen molar-refractivity contribution in [1.29, 1.82) is 0 Å². The molecule has 2 atom stereocenters. The van der Waals surface area contributed by atoms with Crippen molar-refractivity contribution in [2.75, 3.05) is 63.3 Å². The summed E-state index contributed by atoms with van der Waals surface area (Å²) in [5.41, 5.74) is 6.90. The van der Waals surface area contributed by atoms with Crippen LogP contribution in [-0.2, 0) is 14.4 Å². The minimum Gasteiger partial charge on any atom is -0.493 e. The number of ether oxygens (including phenoxy) is 2. The molecule has 1 aromatic heterocycles. The van der Waals surface area contributed by atoms with E-state index in [0.29, 0.717) is 79.1 Å². The molecule has 2 fully saturated rings. The largest absolute Gasteiger partial charge is 0.493 e. The number of aromatic nitrogens is 2. The van der Waals surface area contributed by atoms with Gasteiger partial charge in [0.25, 0.3) is 0 Å². The number of thioether (sulfide) groups is 1. The number of carbonyl (C=O) groups excluding carboxylic acids is 3. The molecule has 2 aliphatic rings. The summed E-state index contributed by atoms with van der Waals surface area (Å²) in [4.78, 5) is 52.4. The number of hydrogen-bond donors (Lipinski definition) is 1. The monoisotopic (exact) mass is 530 g/mol. The van der Waals surface area contributed by atoms with Crippen LogP contribution in [0.2, 0.25) is 0 Å². The quantitative estimate of drug-likeness (QED) is 0.565. The SMILES string of the molecule is COc1cc2nc(N3CCN(C(=O)[C@@H]4CCCN4C(=O)C(C)CSC(C)=O)CC3)nc(N)c2cc1OC. The predicted octanol–water partition coefficient (Wildman–Crippen LogP) is 1.78. The van der Waals surface area contributed by atoms with Crippen LogP contribution in [-0.4, -0.2) is 95.4 Å². The Hall–Kier alpha value is -3.28. The Morgan fingerprint density at radius 1 is 1.08 bits per heavy atom. The van der Waals surface area contributed by atoms with Crippen LogP contribution >= 0.6 is 11.8 Å². The van der Waals surface area contributed by atoms with Crippen molar-refractivity contribution < 1.29 is 23.9 Å². The van der Waals surface area contributed by atoms with Gasteiger partial charge in [0.1, 0.15) is 11.9 Å². The molecule has 2 aliphatic heterocycles. The first-order chi connectivity index (χ1) is 17.7. The number of likely N-dealkylation sites (tertiary alicyclic amines) is 1. The van der Waals surface area contributed by atoms with Crippen molar-refractivity contribution in [3.05, 3.63) is 12.1 Å². The zero-order valence-corrected chi connectivity index (χ0v) is 22.5. The van der Waals surface area contributed by atoms with Gasteiger partial charge in [0.15, 0.2) is 16.6 Å². The Bertz CT molecular complexity index is 1190. The number of fused-ring (bicyclic) bond motifs is 1. The van der Waals surface area contributed by atoms with Gasteiger partial charge in [-0.3, -0.25) is 14.4 Å². The van der Waals surface area contributed by atoms with E-state index in [1.54, 1.807) is 31.3 Å². The van der Waals surface area contributed by atoms with Crippen molar-refractivity contribution in [3.8, 4) is 11.5 Å². The number of piperazine rings is 1. The molecule has 1 unspecified atom stereocenters. The van der Waals surface area contributed by atoms with E-state index >= 15 is 0 Å². The highest BCUT2D eigenvalue weighted by molar-refractivity contribution is 8.13. The summed E-state index contributed by atoms with van der Waals surface area (Å²) in [6.07, 6.45) is 1.46. The summed E-state index contributed by atoms with van der Waals surface area (Å²) in [5.74, 6) is 1.99. The van der Waals surface area contributed by atoms with E-state index in [0.717, 1.165) is 18.2 Å². The Balaban J connectivity index is 1.42. The van der Waals surface area contributed by atoms with Gasteiger partial charge >= 0.3 is 0 Å². The highest BCUT2D eigenvalue weighted by Gasteiger charge is 2.39. The molecular weight excluding hydrogens is 496 g/mol. The first-order valence-corrected chi connectivity index (χ1v) is 13.4. The zero-order chi connectivity index (χ0) is 26.7. The molecule has 0 bridgehead atoms. The van der Waals surface area contributed by atoms with Crippen LogP contribution < -0.4 is 20.1 Å². The van der Waals surface area contributed by atoms with E-state index in [-0.39, 0.29) is 22.8 Å². The van der Waals surface area contributed by atoms with Crippen LogP contribution in [0.15, 0.2) is 12.1 Å². The molecule has 0 spiro atoms. The van der Waals surface area contributed by atoms with Crippen molar-refractivity contribution in [2.24, 2.45) is 5.92 Å². The number of rotatable bonds is 7. The Morgan fingerprint density at radius 2 is 1.76 bits per heavy atom. The lowest BCUT2D eigenvalue weighted by molar-refractivity contribution is -0.145. The van der Waals surface area contributed by atoms with Gasteiger partial charge in [0, 0.05) is 62.8 Å². The van der Waals surface area contributed by atoms with Crippen LogP contribution in [0.5, 0.6) is 11.5 Å². The fraction of sp³-hybridized carbons (Fsp3) is 0.560. The highest BCUT2D eigenvalue weighted by Crippen LogP contribution is 2.34. The molecule has 2 amide bonds. The van der Waals surface area contributed by atoms with Crippen molar-refractivity contribution in [2.45, 2.75) is 32.7 Å². The van der Waals surface area contributed by atoms with Crippen LogP contribution in [0, 0.1) is 5.92 Å². The van der Waals surface area contributed by atoms with Crippen LogP contribution in [0.4, 0.5) is 11.8 Å². The number of anilines is 2. The minimum absolute atomic E-state index is 0.0115. The summed E-state index contributed by atoms with van der Waals surface area (Å²) >= 11 is 1.15. The first-order valence-electron chi connectivity index (χ1n) is 12.4. The lowest BCUT2D eigenvalue weighted by Crippen LogP contribution is -2.55. The molecule has 2 aromatic rings. The number of nitrogens with zero attached hydrogens (tertiary/aromatic N) is 5. The molecule has 0 saturated carbocycles. The number of nitrogen functional groups attached to an aromatic ring is 1. The maximum Gasteiger partial charge on any atom is 0.245 e. The van der Waals surface area contributed by atoms with Crippen molar-refractivity contribution >= 4 is 51.4 Å². The van der Waals surface area contributed by atoms with Gasteiger partial charge in [-0.25, -0.2) is 4.98 Å². The van der Waals surface area contributed by atoms with Crippen molar-refractivity contribution in [3.63, 3.8) is 0 Å². The van der Waals surface area contributed by atoms with Gasteiger partial charge in [0.05, 0.1) is 19.7 Å². The van der Waals surface area contributed by atoms with E-state index in [4.69, 9.17) is 20.2 Å². The summed E-state index contributed by atoms with van der Waals surface area (Å²) in [5, 5.41) is 0.666. The molecule has 4 rings (SSSR count). The average Bonchev–Trinajstić information content (AvgIpc) is 3.40. The van der Waals surface area contributed by atoms with E-state index in [1.165, 1.54) is 6.92 Å². The molecule has 11 nitrogen and oxygen atoms in total. The molecule has 200 valence electrons. The number of nitrogens with two attached hydrogens (primary N) is 1. The fourth-order valence-corrected chi connectivity index (χ4v) is 5.46. The molecule has 0 radical (unpaired) electrons. The van der Waals surface area contributed by atoms with Crippen LogP contribution in [0.3, 0.4) is 0 Å². The highest BCUT2D eigenvalue weighted by atomic mass is 32.2. The number of amides is 2. The molecule has 1 aromatic carbocycles. The van der Waals surface area contributed by atoms with Crippen LogP contribution in [0.25, 0.3) is 10.9 Å². The zero-order valence-electron chi connectivity index (χ0n) is 21.7. The summed E-state index contributed by atoms with van der Waals surface area (Å²) < 4.78 is 10.8. The molecule has 3 heterocycles. The van der Waals surface area contributed by atoms with E-state index in [1.807, 2.05) is 16.7 Å². The molecule has 0 aliphatic carbocycles. The third kappa shape index (κ3) is 5.68. The van der Waals surface area contributed by atoms with Gasteiger partial charge in [-0.1, -0.05) is 18.7 Å². The molecule has 2 N–H and O–H groups in total. The average molecular weight is 531 g/mol. The number of carbonyl (C=O) groups is 3. The number of benzene rings is 1. The lowest BCUT2D eigenvalue weighted by Gasteiger charge is -2.37. The molecule has 37 heavy (non-hydrogen) atoms. The summed E-state index contributed by atoms with van der Waals surface area (Å²) in [7, 11) is 3.13. The topological polar surface area (TPSA) is 131 Å². The minimum atomic E-state index is -0.446. The van der Waals surface area contributed by atoms with Crippen molar-refractivity contribution in [1.82, 2.24) is 19.8 Å². The fourth-order valence-electron chi connectivity index (χ4n) is 4.83. The maximum absolute atomic E-state index is 13.4. The second-order valence-electron chi connectivity index (χ2n) is 9.34. The summed E-state index contributed by atoms with van der Waals surface area (Å²) in [6.45, 7) is 5.99. The van der Waals surface area contributed by atoms with E-state index in [9.17, 15) is 14.4 Å². The predicted molar refractivity (Wildman–Crippen MR) is 143 cm³/mol. The number of methoxy groups -OCH3 is 2. The van der Waals surface area contributed by atoms with Gasteiger partial charge in [-0.05, 0) is 18.9 Å². The van der Waals surface area contributed by atoms with Gasteiger partial charge in [-0.15, -0.1) is 0 Å². The second-order valence-corrected chi connectivity index (χ2v) is 10.5. The smallest absolute Gasteiger partial charge is 0.245 e. The maximum atomic E-state index is 13.4. The lowest BCUT2D eigenvalue weighted by atomic mass is 10.1. The molecule has 12 heteroatoms. The van der Waals surface area contributed by atoms with Gasteiger partial charge < -0.3 is 29.9 Å². The normalized spacial score (nSPS) is 18.7. The summed E-state index contributed by atoms with van der Waals surface area (Å²) in [6, 6.07) is 3.09. The first kappa shape index (κ1) is 26.8. The van der Waals surface area contributed by atoms with Gasteiger partial charge in [0.2, 0.25) is 17.8 Å². The molecule has 2 saturated heterocycles. The second kappa shape index (κ2) is 11.4. The Kier molecular flexibility index (Phi) is 8.25. The number of hydrogen-bond acceptors (Lipinski definition) is 10. The standard InChI is InChI=1S/C25H34N6O5S/c1-15(14-37-16(2)32)23(33)31-7-5-6-19(31)24(34)29-8-10-30(11-9-29)25-27-18-13-21(36-4)20(35-3)12-17(18)22(26)28-25/h12-13,15,19H,5-11,14H2,1-4H3,(H2,26,27,28)/t15?,19-/m0/s1. The molecular formula is C25H34N6O5S.